The Balaban J connectivity index is 2.18. The van der Waals surface area contributed by atoms with Crippen LogP contribution in [0.3, 0.4) is 0 Å². The molecule has 0 amide bonds. The van der Waals surface area contributed by atoms with E-state index in [0.717, 1.165) is 11.5 Å². The van der Waals surface area contributed by atoms with E-state index < -0.39 is 0 Å². The summed E-state index contributed by atoms with van der Waals surface area (Å²) in [6.07, 6.45) is 0. The highest BCUT2D eigenvalue weighted by molar-refractivity contribution is 5.59. The Hall–Kier alpha value is -1.76. The van der Waals surface area contributed by atoms with Gasteiger partial charge in [-0.3, -0.25) is 0 Å². The van der Waals surface area contributed by atoms with Crippen molar-refractivity contribution in [2.45, 2.75) is 71.6 Å². The van der Waals surface area contributed by atoms with E-state index in [0.29, 0.717) is 0 Å². The Morgan fingerprint density at radius 2 is 1.04 bits per heavy atom. The third-order valence-corrected chi connectivity index (χ3v) is 5.26. The van der Waals surface area contributed by atoms with Gasteiger partial charge in [0, 0.05) is 16.5 Å². The van der Waals surface area contributed by atoms with Crippen molar-refractivity contribution in [3.63, 3.8) is 0 Å². The van der Waals surface area contributed by atoms with Crippen LogP contribution in [0.15, 0.2) is 36.4 Å². The monoisotopic (exact) mass is 322 g/mol. The van der Waals surface area contributed by atoms with Crippen LogP contribution in [-0.2, 0) is 16.2 Å². The summed E-state index contributed by atoms with van der Waals surface area (Å²) >= 11 is 0. The van der Waals surface area contributed by atoms with Crippen LogP contribution in [0.1, 0.15) is 77.6 Å². The Bertz CT molecular complexity index is 717. The van der Waals surface area contributed by atoms with Crippen LogP contribution in [0.4, 0.5) is 0 Å². The summed E-state index contributed by atoms with van der Waals surface area (Å²) < 4.78 is 6.25. The summed E-state index contributed by atoms with van der Waals surface area (Å²) in [6, 6.07) is 13.3. The molecule has 1 aliphatic heterocycles. The minimum Gasteiger partial charge on any atom is -0.457 e. The van der Waals surface area contributed by atoms with Crippen LogP contribution in [0.2, 0.25) is 0 Å². The second kappa shape index (κ2) is 5.12. The van der Waals surface area contributed by atoms with Crippen molar-refractivity contribution in [2.75, 3.05) is 0 Å². The summed E-state index contributed by atoms with van der Waals surface area (Å²) in [5.41, 5.74) is 5.49. The van der Waals surface area contributed by atoms with Crippen LogP contribution >= 0.6 is 0 Å². The molecule has 1 aliphatic rings. The van der Waals surface area contributed by atoms with Crippen LogP contribution in [-0.4, -0.2) is 0 Å². The van der Waals surface area contributed by atoms with Crippen molar-refractivity contribution in [3.8, 4) is 11.5 Å². The molecule has 1 heterocycles. The average molecular weight is 322 g/mol. The normalized spacial score (nSPS) is 16.2. The standard InChI is InChI=1S/C23H30O/c1-21(2,3)15-9-11-19-17(13-15)23(7,8)18-14-16(22(4,5)6)10-12-20(18)24-19/h9-14H,1-8H3. The van der Waals surface area contributed by atoms with E-state index in [4.69, 9.17) is 4.74 Å². The Labute approximate surface area is 147 Å². The van der Waals surface area contributed by atoms with E-state index >= 15 is 0 Å². The fourth-order valence-corrected chi connectivity index (χ4v) is 3.41. The molecular weight excluding hydrogens is 292 g/mol. The molecular formula is C23H30O. The first-order valence-electron chi connectivity index (χ1n) is 8.88. The molecule has 0 unspecified atom stereocenters. The molecule has 2 aromatic carbocycles. The number of hydrogen-bond acceptors (Lipinski definition) is 1. The van der Waals surface area contributed by atoms with Crippen molar-refractivity contribution in [1.29, 1.82) is 0 Å². The van der Waals surface area contributed by atoms with Crippen molar-refractivity contribution < 1.29 is 4.74 Å². The first-order chi connectivity index (χ1) is 10.9. The third kappa shape index (κ3) is 2.75. The fourth-order valence-electron chi connectivity index (χ4n) is 3.41. The molecule has 0 aliphatic carbocycles. The summed E-state index contributed by atoms with van der Waals surface area (Å²) in [5.74, 6) is 1.98. The minimum atomic E-state index is -0.0641. The average Bonchev–Trinajstić information content (AvgIpc) is 2.44. The molecule has 0 saturated carbocycles. The molecule has 0 bridgehead atoms. The van der Waals surface area contributed by atoms with Gasteiger partial charge in [0.25, 0.3) is 0 Å². The van der Waals surface area contributed by atoms with E-state index in [9.17, 15) is 0 Å². The van der Waals surface area contributed by atoms with Gasteiger partial charge >= 0.3 is 0 Å². The zero-order valence-electron chi connectivity index (χ0n) is 16.4. The predicted octanol–water partition coefficient (Wildman–Crippen LogP) is 6.71. The van der Waals surface area contributed by atoms with Crippen LogP contribution < -0.4 is 4.74 Å². The topological polar surface area (TPSA) is 9.23 Å². The maximum atomic E-state index is 6.25. The molecule has 24 heavy (non-hydrogen) atoms. The largest absolute Gasteiger partial charge is 0.457 e. The number of rotatable bonds is 0. The molecule has 0 spiro atoms. The molecule has 0 N–H and O–H groups in total. The first-order valence-corrected chi connectivity index (χ1v) is 8.88. The van der Waals surface area contributed by atoms with Gasteiger partial charge in [-0.15, -0.1) is 0 Å². The van der Waals surface area contributed by atoms with Crippen LogP contribution in [0.25, 0.3) is 0 Å². The van der Waals surface area contributed by atoms with Crippen molar-refractivity contribution in [2.24, 2.45) is 0 Å². The lowest BCUT2D eigenvalue weighted by Gasteiger charge is -2.37. The van der Waals surface area contributed by atoms with Gasteiger partial charge < -0.3 is 4.74 Å². The maximum absolute atomic E-state index is 6.25. The van der Waals surface area contributed by atoms with Gasteiger partial charge in [-0.1, -0.05) is 79.7 Å². The lowest BCUT2D eigenvalue weighted by molar-refractivity contribution is 0.415. The third-order valence-electron chi connectivity index (χ3n) is 5.26. The Kier molecular flexibility index (Phi) is 3.64. The number of benzene rings is 2. The highest BCUT2D eigenvalue weighted by atomic mass is 16.5. The molecule has 0 aromatic heterocycles. The highest BCUT2D eigenvalue weighted by Gasteiger charge is 2.36. The number of fused-ring (bicyclic) bond motifs is 2. The molecule has 128 valence electrons. The molecule has 0 atom stereocenters. The van der Waals surface area contributed by atoms with Crippen molar-refractivity contribution in [3.05, 3.63) is 58.7 Å². The van der Waals surface area contributed by atoms with Crippen LogP contribution in [0, 0.1) is 0 Å². The summed E-state index contributed by atoms with van der Waals surface area (Å²) in [4.78, 5) is 0. The first kappa shape index (κ1) is 17.1. The predicted molar refractivity (Wildman–Crippen MR) is 102 cm³/mol. The van der Waals surface area contributed by atoms with Gasteiger partial charge in [0.05, 0.1) is 0 Å². The van der Waals surface area contributed by atoms with Crippen molar-refractivity contribution in [1.82, 2.24) is 0 Å². The van der Waals surface area contributed by atoms with Gasteiger partial charge in [0.15, 0.2) is 0 Å². The summed E-state index contributed by atoms with van der Waals surface area (Å²) in [5, 5.41) is 0. The van der Waals surface area contributed by atoms with E-state index in [2.05, 4.69) is 91.8 Å². The lowest BCUT2D eigenvalue weighted by Crippen LogP contribution is -2.26. The Morgan fingerprint density at radius 3 is 1.38 bits per heavy atom. The highest BCUT2D eigenvalue weighted by Crippen LogP contribution is 2.49. The SMILES string of the molecule is CC(C)(C)c1ccc2c(c1)C(C)(C)c1cc(C(C)(C)C)ccc1O2. The zero-order valence-corrected chi connectivity index (χ0v) is 16.4. The van der Waals surface area contributed by atoms with E-state index in [-0.39, 0.29) is 16.2 Å². The molecule has 2 aromatic rings. The number of ether oxygens (including phenoxy) is 1. The van der Waals surface area contributed by atoms with Gasteiger partial charge in [-0.25, -0.2) is 0 Å². The molecule has 0 radical (unpaired) electrons. The van der Waals surface area contributed by atoms with Gasteiger partial charge in [-0.05, 0) is 34.1 Å². The second-order valence-corrected chi connectivity index (χ2v) is 9.65. The Morgan fingerprint density at radius 1 is 0.667 bits per heavy atom. The smallest absolute Gasteiger partial charge is 0.131 e. The van der Waals surface area contributed by atoms with Gasteiger partial charge in [0.2, 0.25) is 0 Å². The molecule has 1 heteroatoms. The number of hydrogen-bond donors (Lipinski definition) is 0. The molecule has 0 fully saturated rings. The van der Waals surface area contributed by atoms with Crippen LogP contribution in [0.5, 0.6) is 11.5 Å². The maximum Gasteiger partial charge on any atom is 0.131 e. The summed E-state index contributed by atoms with van der Waals surface area (Å²) in [7, 11) is 0. The molecule has 1 nitrogen and oxygen atoms in total. The fraction of sp³-hybridized carbons (Fsp3) is 0.478. The molecule has 0 saturated heterocycles. The molecule has 3 rings (SSSR count). The quantitative estimate of drug-likeness (QED) is 0.523. The van der Waals surface area contributed by atoms with E-state index in [1.807, 2.05) is 0 Å². The van der Waals surface area contributed by atoms with Gasteiger partial charge in [0.1, 0.15) is 11.5 Å². The summed E-state index contributed by atoms with van der Waals surface area (Å²) in [6.45, 7) is 18.2. The van der Waals surface area contributed by atoms with Gasteiger partial charge in [-0.2, -0.15) is 0 Å². The van der Waals surface area contributed by atoms with E-state index in [1.54, 1.807) is 0 Å². The zero-order chi connectivity index (χ0) is 17.9. The second-order valence-electron chi connectivity index (χ2n) is 9.65. The lowest BCUT2D eigenvalue weighted by atomic mass is 9.72. The van der Waals surface area contributed by atoms with Crippen molar-refractivity contribution >= 4 is 0 Å². The van der Waals surface area contributed by atoms with E-state index in [1.165, 1.54) is 22.3 Å². The minimum absolute atomic E-state index is 0.0641.